The van der Waals surface area contributed by atoms with Crippen LogP contribution in [0.4, 0.5) is 10.1 Å². The van der Waals surface area contributed by atoms with Crippen LogP contribution in [-0.2, 0) is 16.6 Å². The summed E-state index contributed by atoms with van der Waals surface area (Å²) in [6.45, 7) is 0. The van der Waals surface area contributed by atoms with Crippen molar-refractivity contribution >= 4 is 39.7 Å². The van der Waals surface area contributed by atoms with Crippen LogP contribution in [0.1, 0.15) is 5.56 Å². The van der Waals surface area contributed by atoms with Crippen molar-refractivity contribution in [3.8, 4) is 0 Å². The number of anilines is 1. The molecule has 2 N–H and O–H groups in total. The van der Waals surface area contributed by atoms with Gasteiger partial charge in [0.25, 0.3) is 0 Å². The SMILES string of the molecule is Nc1ccc(CS(=O)c2cc(Cl)ccc2Cl)c(F)c1. The Balaban J connectivity index is 2.28. The molecule has 0 aliphatic heterocycles. The zero-order valence-corrected chi connectivity index (χ0v) is 12.0. The smallest absolute Gasteiger partial charge is 0.129 e. The number of nitrogen functional groups attached to an aromatic ring is 1. The van der Waals surface area contributed by atoms with Crippen LogP contribution in [0.3, 0.4) is 0 Å². The summed E-state index contributed by atoms with van der Waals surface area (Å²) in [5, 5.41) is 0.782. The molecule has 2 rings (SSSR count). The molecule has 1 unspecified atom stereocenters. The van der Waals surface area contributed by atoms with Crippen LogP contribution in [0.5, 0.6) is 0 Å². The second-order valence-electron chi connectivity index (χ2n) is 3.92. The van der Waals surface area contributed by atoms with E-state index in [1.807, 2.05) is 0 Å². The largest absolute Gasteiger partial charge is 0.399 e. The first-order valence-corrected chi connectivity index (χ1v) is 7.42. The third-order valence-electron chi connectivity index (χ3n) is 2.50. The summed E-state index contributed by atoms with van der Waals surface area (Å²) < 4.78 is 25.8. The topological polar surface area (TPSA) is 43.1 Å². The normalized spacial score (nSPS) is 12.4. The lowest BCUT2D eigenvalue weighted by Crippen LogP contribution is -2.00. The summed E-state index contributed by atoms with van der Waals surface area (Å²) in [6.07, 6.45) is 0. The van der Waals surface area contributed by atoms with Gasteiger partial charge in [0.15, 0.2) is 0 Å². The average molecular weight is 318 g/mol. The second-order valence-corrected chi connectivity index (χ2v) is 6.18. The Morgan fingerprint density at radius 3 is 2.58 bits per heavy atom. The van der Waals surface area contributed by atoms with E-state index in [9.17, 15) is 8.60 Å². The molecule has 0 aromatic heterocycles. The molecule has 0 aliphatic carbocycles. The zero-order valence-electron chi connectivity index (χ0n) is 9.70. The highest BCUT2D eigenvalue weighted by Gasteiger charge is 2.13. The van der Waals surface area contributed by atoms with Crippen LogP contribution in [0.25, 0.3) is 0 Å². The first-order valence-electron chi connectivity index (χ1n) is 5.34. The van der Waals surface area contributed by atoms with Crippen molar-refractivity contribution in [2.45, 2.75) is 10.6 Å². The number of hydrogen-bond donors (Lipinski definition) is 1. The van der Waals surface area contributed by atoms with Crippen molar-refractivity contribution in [1.82, 2.24) is 0 Å². The molecule has 100 valence electrons. The van der Waals surface area contributed by atoms with E-state index in [0.717, 1.165) is 0 Å². The average Bonchev–Trinajstić information content (AvgIpc) is 2.35. The predicted molar refractivity (Wildman–Crippen MR) is 77.4 cm³/mol. The maximum atomic E-state index is 13.6. The molecule has 0 saturated heterocycles. The molecule has 0 aliphatic rings. The van der Waals surface area contributed by atoms with Crippen molar-refractivity contribution < 1.29 is 8.60 Å². The molecule has 0 radical (unpaired) electrons. The summed E-state index contributed by atoms with van der Waals surface area (Å²) in [5.74, 6) is -0.460. The van der Waals surface area contributed by atoms with Crippen LogP contribution in [0.2, 0.25) is 10.0 Å². The molecule has 0 heterocycles. The van der Waals surface area contributed by atoms with Gasteiger partial charge >= 0.3 is 0 Å². The lowest BCUT2D eigenvalue weighted by atomic mass is 10.2. The highest BCUT2D eigenvalue weighted by Crippen LogP contribution is 2.26. The molecule has 1 atom stereocenters. The third kappa shape index (κ3) is 3.47. The predicted octanol–water partition coefficient (Wildman–Crippen LogP) is 4.02. The third-order valence-corrected chi connectivity index (χ3v) is 4.58. The summed E-state index contributed by atoms with van der Waals surface area (Å²) in [5.41, 5.74) is 6.11. The minimum atomic E-state index is -1.47. The van der Waals surface area contributed by atoms with Crippen LogP contribution in [0.15, 0.2) is 41.3 Å². The molecule has 2 nitrogen and oxygen atoms in total. The molecule has 2 aromatic rings. The van der Waals surface area contributed by atoms with Gasteiger partial charge in [0.1, 0.15) is 5.82 Å². The molecule has 0 spiro atoms. The first kappa shape index (κ1) is 14.3. The molecule has 0 fully saturated rings. The number of nitrogens with two attached hydrogens (primary N) is 1. The molecule has 6 heteroatoms. The standard InChI is InChI=1S/C13H10Cl2FNOS/c14-9-2-4-11(15)13(5-9)19(18)7-8-1-3-10(17)6-12(8)16/h1-6H,7,17H2. The quantitative estimate of drug-likeness (QED) is 0.869. The Morgan fingerprint density at radius 2 is 1.89 bits per heavy atom. The van der Waals surface area contributed by atoms with E-state index >= 15 is 0 Å². The second kappa shape index (κ2) is 5.90. The summed E-state index contributed by atoms with van der Waals surface area (Å²) in [4.78, 5) is 0.394. The van der Waals surface area contributed by atoms with Crippen molar-refractivity contribution in [3.05, 3.63) is 57.8 Å². The highest BCUT2D eigenvalue weighted by atomic mass is 35.5. The minimum Gasteiger partial charge on any atom is -0.399 e. The number of hydrogen-bond acceptors (Lipinski definition) is 2. The van der Waals surface area contributed by atoms with Crippen molar-refractivity contribution in [2.75, 3.05) is 5.73 Å². The maximum absolute atomic E-state index is 13.6. The fraction of sp³-hybridized carbons (Fsp3) is 0.0769. The van der Waals surface area contributed by atoms with E-state index in [-0.39, 0.29) is 5.75 Å². The molecule has 19 heavy (non-hydrogen) atoms. The van der Waals surface area contributed by atoms with Crippen molar-refractivity contribution in [2.24, 2.45) is 0 Å². The van der Waals surface area contributed by atoms with E-state index in [1.165, 1.54) is 18.2 Å². The van der Waals surface area contributed by atoms with Gasteiger partial charge in [-0.15, -0.1) is 0 Å². The zero-order chi connectivity index (χ0) is 14.0. The Bertz CT molecular complexity index is 649. The Hall–Kier alpha value is -1.10. The van der Waals surface area contributed by atoms with E-state index in [2.05, 4.69) is 0 Å². The van der Waals surface area contributed by atoms with Gasteiger partial charge in [-0.2, -0.15) is 0 Å². The van der Waals surface area contributed by atoms with Crippen LogP contribution >= 0.6 is 23.2 Å². The highest BCUT2D eigenvalue weighted by molar-refractivity contribution is 7.84. The molecular formula is C13H10Cl2FNOS. The molecule has 0 amide bonds. The minimum absolute atomic E-state index is 0.0200. The van der Waals surface area contributed by atoms with E-state index < -0.39 is 16.6 Å². The number of rotatable bonds is 3. The van der Waals surface area contributed by atoms with E-state index in [0.29, 0.717) is 26.2 Å². The Kier molecular flexibility index (Phi) is 4.45. The maximum Gasteiger partial charge on any atom is 0.129 e. The number of halogens is 3. The van der Waals surface area contributed by atoms with Crippen LogP contribution in [0, 0.1) is 5.82 Å². The van der Waals surface area contributed by atoms with Gasteiger partial charge in [-0.1, -0.05) is 29.3 Å². The van der Waals surface area contributed by atoms with Gasteiger partial charge in [0.05, 0.1) is 26.5 Å². The number of benzene rings is 2. The van der Waals surface area contributed by atoms with Gasteiger partial charge in [0.2, 0.25) is 0 Å². The fourth-order valence-corrected chi connectivity index (χ4v) is 3.38. The van der Waals surface area contributed by atoms with E-state index in [4.69, 9.17) is 28.9 Å². The van der Waals surface area contributed by atoms with Gasteiger partial charge in [-0.05, 0) is 30.3 Å². The molecule has 0 saturated carbocycles. The van der Waals surface area contributed by atoms with Gasteiger partial charge < -0.3 is 5.73 Å². The lowest BCUT2D eigenvalue weighted by molar-refractivity contribution is 0.616. The van der Waals surface area contributed by atoms with Gasteiger partial charge in [0, 0.05) is 16.3 Å². The lowest BCUT2D eigenvalue weighted by Gasteiger charge is -2.07. The Labute approximate surface area is 122 Å². The summed E-state index contributed by atoms with van der Waals surface area (Å²) in [6, 6.07) is 8.97. The summed E-state index contributed by atoms with van der Waals surface area (Å²) in [7, 11) is -1.47. The molecular weight excluding hydrogens is 308 g/mol. The fourth-order valence-electron chi connectivity index (χ4n) is 1.55. The Morgan fingerprint density at radius 1 is 1.16 bits per heavy atom. The monoisotopic (exact) mass is 317 g/mol. The summed E-state index contributed by atoms with van der Waals surface area (Å²) >= 11 is 11.8. The van der Waals surface area contributed by atoms with E-state index in [1.54, 1.807) is 18.2 Å². The van der Waals surface area contributed by atoms with Crippen LogP contribution in [-0.4, -0.2) is 4.21 Å². The van der Waals surface area contributed by atoms with Crippen molar-refractivity contribution in [1.29, 1.82) is 0 Å². The van der Waals surface area contributed by atoms with Crippen molar-refractivity contribution in [3.63, 3.8) is 0 Å². The molecule has 0 bridgehead atoms. The molecule has 2 aromatic carbocycles. The van der Waals surface area contributed by atoms with Crippen LogP contribution < -0.4 is 5.73 Å². The first-order chi connectivity index (χ1) is 8.97. The van der Waals surface area contributed by atoms with Gasteiger partial charge in [-0.25, -0.2) is 4.39 Å². The van der Waals surface area contributed by atoms with Gasteiger partial charge in [-0.3, -0.25) is 4.21 Å².